The van der Waals surface area contributed by atoms with Crippen LogP contribution < -0.4 is 10.6 Å². The van der Waals surface area contributed by atoms with Gasteiger partial charge in [-0.3, -0.25) is 4.79 Å². The van der Waals surface area contributed by atoms with Gasteiger partial charge in [0.2, 0.25) is 5.91 Å². The van der Waals surface area contributed by atoms with Gasteiger partial charge in [-0.2, -0.15) is 0 Å². The maximum Gasteiger partial charge on any atom is 0.341 e. The topological polar surface area (TPSA) is 72.0 Å². The maximum absolute atomic E-state index is 12.8. The minimum absolute atomic E-state index is 0.0104. The number of thiophene rings is 1. The number of carbonyl (C=O) groups excluding carboxylic acids is 2. The lowest BCUT2D eigenvalue weighted by molar-refractivity contribution is -0.789. The summed E-state index contributed by atoms with van der Waals surface area (Å²) < 4.78 is 5.36. The number of quaternary nitrogens is 1. The molecule has 3 N–H and O–H groups in total. The summed E-state index contributed by atoms with van der Waals surface area (Å²) in [7, 11) is 0. The van der Waals surface area contributed by atoms with Gasteiger partial charge in [-0.15, -0.1) is 11.3 Å². The van der Waals surface area contributed by atoms with E-state index in [0.29, 0.717) is 17.2 Å². The van der Waals surface area contributed by atoms with Crippen LogP contribution in [0.2, 0.25) is 0 Å². The molecule has 0 saturated heterocycles. The molecule has 1 aromatic heterocycles. The number of nitrogens with one attached hydrogen (secondary N) is 1. The standard InChI is InChI=1S/C21H32N2O3S/c1-6-26-19(25)15-14-12-20(2,3)23-21(4,5)16(14)27-18(15)22-17(24)13-10-8-7-9-11-13/h13,23H,6-12H2,1-5H3,(H,22,24)/p+1. The Kier molecular flexibility index (Phi) is 5.69. The SMILES string of the molecule is CCOC(=O)c1c(NC(=O)C2CCCCC2)sc2c1CC(C)(C)[NH2+]C2(C)C. The number of fused-ring (bicyclic) bond motifs is 1. The van der Waals surface area contributed by atoms with Crippen molar-refractivity contribution in [3.63, 3.8) is 0 Å². The van der Waals surface area contributed by atoms with Crippen LogP contribution in [0.25, 0.3) is 0 Å². The largest absolute Gasteiger partial charge is 0.462 e. The highest BCUT2D eigenvalue weighted by Gasteiger charge is 2.45. The number of esters is 1. The van der Waals surface area contributed by atoms with Crippen molar-refractivity contribution in [1.29, 1.82) is 0 Å². The summed E-state index contributed by atoms with van der Waals surface area (Å²) in [6, 6.07) is 0. The van der Waals surface area contributed by atoms with E-state index in [1.54, 1.807) is 11.3 Å². The number of amides is 1. The van der Waals surface area contributed by atoms with E-state index in [0.717, 1.165) is 37.7 Å². The molecular weight excluding hydrogens is 360 g/mol. The van der Waals surface area contributed by atoms with Crippen LogP contribution in [0.3, 0.4) is 0 Å². The van der Waals surface area contributed by atoms with Crippen LogP contribution >= 0.6 is 11.3 Å². The average molecular weight is 394 g/mol. The molecule has 0 bridgehead atoms. The van der Waals surface area contributed by atoms with Gasteiger partial charge < -0.3 is 15.4 Å². The highest BCUT2D eigenvalue weighted by Crippen LogP contribution is 2.43. The lowest BCUT2D eigenvalue weighted by Crippen LogP contribution is -3.03. The summed E-state index contributed by atoms with van der Waals surface area (Å²) in [5.74, 6) is -0.203. The van der Waals surface area contributed by atoms with E-state index in [2.05, 4.69) is 38.3 Å². The Morgan fingerprint density at radius 1 is 1.19 bits per heavy atom. The van der Waals surface area contributed by atoms with Crippen LogP contribution in [-0.2, 0) is 21.5 Å². The molecule has 1 fully saturated rings. The fourth-order valence-electron chi connectivity index (χ4n) is 4.79. The molecular formula is C21H33N2O3S+. The second-order valence-corrected chi connectivity index (χ2v) is 10.2. The number of hydrogen-bond acceptors (Lipinski definition) is 4. The van der Waals surface area contributed by atoms with Crippen LogP contribution in [0.1, 0.15) is 87.5 Å². The number of nitrogens with two attached hydrogens (primary N) is 1. The quantitative estimate of drug-likeness (QED) is 0.768. The zero-order valence-electron chi connectivity index (χ0n) is 17.2. The summed E-state index contributed by atoms with van der Waals surface area (Å²) in [4.78, 5) is 26.8. The van der Waals surface area contributed by atoms with Crippen LogP contribution in [0.5, 0.6) is 0 Å². The van der Waals surface area contributed by atoms with Gasteiger partial charge in [0, 0.05) is 12.3 Å². The molecule has 0 atom stereocenters. The highest BCUT2D eigenvalue weighted by molar-refractivity contribution is 7.17. The van der Waals surface area contributed by atoms with Crippen molar-refractivity contribution >= 4 is 28.2 Å². The Balaban J connectivity index is 1.99. The summed E-state index contributed by atoms with van der Waals surface area (Å²) >= 11 is 1.55. The fraction of sp³-hybridized carbons (Fsp3) is 0.714. The molecule has 5 nitrogen and oxygen atoms in total. The summed E-state index contributed by atoms with van der Waals surface area (Å²) in [6.07, 6.45) is 6.11. The van der Waals surface area contributed by atoms with Gasteiger partial charge in [-0.05, 0) is 53.0 Å². The molecule has 1 aliphatic carbocycles. The molecule has 0 spiro atoms. The van der Waals surface area contributed by atoms with Crippen molar-refractivity contribution in [3.05, 3.63) is 16.0 Å². The van der Waals surface area contributed by atoms with Crippen molar-refractivity contribution in [2.75, 3.05) is 11.9 Å². The van der Waals surface area contributed by atoms with E-state index >= 15 is 0 Å². The Morgan fingerprint density at radius 2 is 1.85 bits per heavy atom. The third kappa shape index (κ3) is 4.21. The minimum Gasteiger partial charge on any atom is -0.462 e. The molecule has 6 heteroatoms. The van der Waals surface area contributed by atoms with E-state index < -0.39 is 0 Å². The fourth-order valence-corrected chi connectivity index (χ4v) is 6.07. The molecule has 0 aromatic carbocycles. The Bertz CT molecular complexity index is 730. The van der Waals surface area contributed by atoms with Crippen molar-refractivity contribution in [3.8, 4) is 0 Å². The van der Waals surface area contributed by atoms with Gasteiger partial charge >= 0.3 is 5.97 Å². The molecule has 1 aromatic rings. The van der Waals surface area contributed by atoms with Crippen molar-refractivity contribution in [2.24, 2.45) is 5.92 Å². The van der Waals surface area contributed by atoms with Crippen LogP contribution in [-0.4, -0.2) is 24.0 Å². The number of rotatable bonds is 4. The van der Waals surface area contributed by atoms with Gasteiger partial charge in [-0.1, -0.05) is 19.3 Å². The third-order valence-corrected chi connectivity index (χ3v) is 7.16. The Morgan fingerprint density at radius 3 is 2.48 bits per heavy atom. The summed E-state index contributed by atoms with van der Waals surface area (Å²) in [5.41, 5.74) is 1.48. The van der Waals surface area contributed by atoms with E-state index in [1.165, 1.54) is 11.3 Å². The zero-order chi connectivity index (χ0) is 19.8. The van der Waals surface area contributed by atoms with Crippen molar-refractivity contribution in [2.45, 2.75) is 84.2 Å². The lowest BCUT2D eigenvalue weighted by atomic mass is 9.81. The van der Waals surface area contributed by atoms with E-state index in [1.807, 2.05) is 6.92 Å². The zero-order valence-corrected chi connectivity index (χ0v) is 18.1. The van der Waals surface area contributed by atoms with Crippen LogP contribution in [0.4, 0.5) is 5.00 Å². The van der Waals surface area contributed by atoms with E-state index in [4.69, 9.17) is 4.74 Å². The number of ether oxygens (including phenoxy) is 1. The first-order valence-corrected chi connectivity index (χ1v) is 11.0. The maximum atomic E-state index is 12.8. The lowest BCUT2D eigenvalue weighted by Gasteiger charge is -2.38. The van der Waals surface area contributed by atoms with E-state index in [9.17, 15) is 9.59 Å². The first kappa shape index (κ1) is 20.3. The predicted octanol–water partition coefficient (Wildman–Crippen LogP) is 3.58. The average Bonchev–Trinajstić information content (AvgIpc) is 2.92. The number of carbonyl (C=O) groups is 2. The summed E-state index contributed by atoms with van der Waals surface area (Å²) in [5, 5.41) is 6.14. The Hall–Kier alpha value is -1.40. The first-order chi connectivity index (χ1) is 12.6. The van der Waals surface area contributed by atoms with Crippen LogP contribution in [0.15, 0.2) is 0 Å². The Labute approximate surface area is 166 Å². The molecule has 1 saturated carbocycles. The van der Waals surface area contributed by atoms with Gasteiger partial charge in [0.1, 0.15) is 10.5 Å². The molecule has 3 rings (SSSR count). The number of anilines is 1. The monoisotopic (exact) mass is 393 g/mol. The smallest absolute Gasteiger partial charge is 0.341 e. The number of hydrogen-bond donors (Lipinski definition) is 2. The third-order valence-electron chi connectivity index (χ3n) is 5.67. The first-order valence-electron chi connectivity index (χ1n) is 10.2. The second kappa shape index (κ2) is 7.55. The highest BCUT2D eigenvalue weighted by atomic mass is 32.1. The van der Waals surface area contributed by atoms with E-state index in [-0.39, 0.29) is 28.9 Å². The molecule has 0 unspecified atom stereocenters. The van der Waals surface area contributed by atoms with Crippen LogP contribution in [0, 0.1) is 5.92 Å². The van der Waals surface area contributed by atoms with Crippen molar-refractivity contribution < 1.29 is 19.6 Å². The molecule has 2 aliphatic rings. The van der Waals surface area contributed by atoms with Gasteiger partial charge in [0.15, 0.2) is 0 Å². The van der Waals surface area contributed by atoms with Gasteiger partial charge in [0.05, 0.1) is 22.6 Å². The molecule has 27 heavy (non-hydrogen) atoms. The predicted molar refractivity (Wildman–Crippen MR) is 108 cm³/mol. The molecule has 2 heterocycles. The minimum atomic E-state index is -0.317. The normalized spacial score (nSPS) is 21.4. The second-order valence-electron chi connectivity index (χ2n) is 9.19. The summed E-state index contributed by atoms with van der Waals surface area (Å²) in [6.45, 7) is 10.9. The molecule has 1 amide bonds. The van der Waals surface area contributed by atoms with Gasteiger partial charge in [-0.25, -0.2) is 4.79 Å². The van der Waals surface area contributed by atoms with Crippen molar-refractivity contribution in [1.82, 2.24) is 0 Å². The molecule has 150 valence electrons. The van der Waals surface area contributed by atoms with Gasteiger partial charge in [0.25, 0.3) is 0 Å². The molecule has 0 radical (unpaired) electrons. The molecule has 1 aliphatic heterocycles.